The number of methoxy groups -OCH3 is 1. The molecule has 182 valence electrons. The van der Waals surface area contributed by atoms with E-state index in [0.717, 1.165) is 38.6 Å². The van der Waals surface area contributed by atoms with Crippen LogP contribution in [0, 0.1) is 0 Å². The third-order valence-corrected chi connectivity index (χ3v) is 6.88. The second-order valence-corrected chi connectivity index (χ2v) is 10.0. The minimum Gasteiger partial charge on any atom is -0.465 e. The Morgan fingerprint density at radius 1 is 0.972 bits per heavy atom. The van der Waals surface area contributed by atoms with E-state index in [1.54, 1.807) is 24.3 Å². The molecule has 0 bridgehead atoms. The van der Waals surface area contributed by atoms with Gasteiger partial charge in [0.05, 0.1) is 23.1 Å². The van der Waals surface area contributed by atoms with Gasteiger partial charge in [-0.05, 0) is 41.5 Å². The Bertz CT molecular complexity index is 1700. The third-order valence-electron chi connectivity index (χ3n) is 5.97. The Labute approximate surface area is 208 Å². The van der Waals surface area contributed by atoms with Crippen LogP contribution >= 0.6 is 0 Å². The van der Waals surface area contributed by atoms with Crippen LogP contribution in [-0.2, 0) is 27.7 Å². The van der Waals surface area contributed by atoms with E-state index in [0.29, 0.717) is 24.3 Å². The zero-order chi connectivity index (χ0) is 25.3. The molecule has 0 aliphatic rings. The number of benzene rings is 3. The molecule has 3 aromatic carbocycles. The standard InChI is InChI=1S/C27H24N4O4S/c1-35-27(32)19-10-11-22-23(14-19)31-24-15-20(12-17-6-3-2-4-7-17)30-26(25(22)24)29-16-18-8-5-9-21(13-18)36(28,33)34/h2-11,13-15,31H,12,16H2,1H3,(H,29,30)(H2,28,33,34). The van der Waals surface area contributed by atoms with Crippen LogP contribution in [-0.4, -0.2) is 31.5 Å². The van der Waals surface area contributed by atoms with Crippen LogP contribution < -0.4 is 10.5 Å². The molecule has 0 aliphatic heterocycles. The molecular weight excluding hydrogens is 476 g/mol. The van der Waals surface area contributed by atoms with Crippen molar-refractivity contribution < 1.29 is 17.9 Å². The Morgan fingerprint density at radius 3 is 2.50 bits per heavy atom. The first kappa shape index (κ1) is 23.5. The lowest BCUT2D eigenvalue weighted by molar-refractivity contribution is 0.0601. The quantitative estimate of drug-likeness (QED) is 0.285. The molecule has 2 heterocycles. The molecule has 0 atom stereocenters. The fourth-order valence-electron chi connectivity index (χ4n) is 4.27. The summed E-state index contributed by atoms with van der Waals surface area (Å²) in [5.41, 5.74) is 4.83. The molecule has 9 heteroatoms. The number of aromatic amines is 1. The normalized spacial score (nSPS) is 11.6. The molecule has 0 spiro atoms. The largest absolute Gasteiger partial charge is 0.465 e. The van der Waals surface area contributed by atoms with E-state index in [-0.39, 0.29) is 4.90 Å². The Morgan fingerprint density at radius 2 is 1.75 bits per heavy atom. The van der Waals surface area contributed by atoms with E-state index in [1.807, 2.05) is 48.5 Å². The van der Waals surface area contributed by atoms with Gasteiger partial charge in [0.1, 0.15) is 5.82 Å². The second-order valence-electron chi connectivity index (χ2n) is 8.47. The van der Waals surface area contributed by atoms with E-state index >= 15 is 0 Å². The highest BCUT2D eigenvalue weighted by molar-refractivity contribution is 7.89. The number of pyridine rings is 1. The van der Waals surface area contributed by atoms with Crippen molar-refractivity contribution in [2.24, 2.45) is 5.14 Å². The summed E-state index contributed by atoms with van der Waals surface area (Å²) in [6.45, 7) is 0.340. The number of nitrogens with two attached hydrogens (primary N) is 1. The SMILES string of the molecule is COC(=O)c1ccc2c(c1)[nH]c1cc(Cc3ccccc3)nc(NCc3cccc(S(N)(=O)=O)c3)c12. The van der Waals surface area contributed by atoms with Gasteiger partial charge >= 0.3 is 5.97 Å². The highest BCUT2D eigenvalue weighted by Gasteiger charge is 2.16. The number of aromatic nitrogens is 2. The van der Waals surface area contributed by atoms with Gasteiger partial charge in [-0.2, -0.15) is 0 Å². The number of nitrogens with zero attached hydrogens (tertiary/aromatic N) is 1. The van der Waals surface area contributed by atoms with E-state index in [2.05, 4.69) is 10.3 Å². The fraction of sp³-hybridized carbons (Fsp3) is 0.111. The summed E-state index contributed by atoms with van der Waals surface area (Å²) in [6.07, 6.45) is 0.634. The maximum absolute atomic E-state index is 12.0. The molecule has 8 nitrogen and oxygen atoms in total. The number of carbonyl (C=O) groups excluding carboxylic acids is 1. The van der Waals surface area contributed by atoms with Crippen LogP contribution in [0.1, 0.15) is 27.2 Å². The van der Waals surface area contributed by atoms with Crippen LogP contribution in [0.5, 0.6) is 0 Å². The van der Waals surface area contributed by atoms with Crippen molar-refractivity contribution in [3.05, 3.63) is 101 Å². The van der Waals surface area contributed by atoms with Gasteiger partial charge in [0.15, 0.2) is 0 Å². The number of hydrogen-bond acceptors (Lipinski definition) is 6. The number of fused-ring (bicyclic) bond motifs is 3. The maximum atomic E-state index is 12.0. The first-order chi connectivity index (χ1) is 17.3. The van der Waals surface area contributed by atoms with Gasteiger partial charge in [0.25, 0.3) is 0 Å². The zero-order valence-electron chi connectivity index (χ0n) is 19.5. The lowest BCUT2D eigenvalue weighted by atomic mass is 10.1. The number of carbonyl (C=O) groups is 1. The number of esters is 1. The molecule has 5 rings (SSSR count). The summed E-state index contributed by atoms with van der Waals surface area (Å²) in [5, 5.41) is 10.4. The highest BCUT2D eigenvalue weighted by atomic mass is 32.2. The second kappa shape index (κ2) is 9.44. The van der Waals surface area contributed by atoms with Gasteiger partial charge in [-0.3, -0.25) is 0 Å². The lowest BCUT2D eigenvalue weighted by Gasteiger charge is -2.11. The molecule has 4 N–H and O–H groups in total. The predicted molar refractivity (Wildman–Crippen MR) is 139 cm³/mol. The van der Waals surface area contributed by atoms with Crippen molar-refractivity contribution in [2.75, 3.05) is 12.4 Å². The monoisotopic (exact) mass is 500 g/mol. The highest BCUT2D eigenvalue weighted by Crippen LogP contribution is 2.32. The van der Waals surface area contributed by atoms with Crippen LogP contribution in [0.4, 0.5) is 5.82 Å². The summed E-state index contributed by atoms with van der Waals surface area (Å²) in [5.74, 6) is 0.239. The number of ether oxygens (including phenoxy) is 1. The average molecular weight is 501 g/mol. The first-order valence-electron chi connectivity index (χ1n) is 11.2. The first-order valence-corrected chi connectivity index (χ1v) is 12.8. The summed E-state index contributed by atoms with van der Waals surface area (Å²) in [4.78, 5) is 20.4. The van der Waals surface area contributed by atoms with Crippen molar-refractivity contribution >= 4 is 43.6 Å². The summed E-state index contributed by atoms with van der Waals surface area (Å²) >= 11 is 0. The predicted octanol–water partition coefficient (Wildman–Crippen LogP) is 4.35. The molecule has 0 radical (unpaired) electrons. The number of H-pyrrole nitrogens is 1. The minimum absolute atomic E-state index is 0.0557. The van der Waals surface area contributed by atoms with E-state index < -0.39 is 16.0 Å². The number of sulfonamides is 1. The number of rotatable bonds is 7. The summed E-state index contributed by atoms with van der Waals surface area (Å²) in [7, 11) is -2.45. The van der Waals surface area contributed by atoms with E-state index in [1.165, 1.54) is 13.2 Å². The van der Waals surface area contributed by atoms with Gasteiger partial charge in [-0.25, -0.2) is 23.3 Å². The van der Waals surface area contributed by atoms with Crippen LogP contribution in [0.3, 0.4) is 0 Å². The van der Waals surface area contributed by atoms with Crippen molar-refractivity contribution in [1.82, 2.24) is 9.97 Å². The smallest absolute Gasteiger partial charge is 0.337 e. The summed E-state index contributed by atoms with van der Waals surface area (Å²) < 4.78 is 28.4. The summed E-state index contributed by atoms with van der Waals surface area (Å²) in [6, 6.07) is 23.9. The molecule has 5 aromatic rings. The minimum atomic E-state index is -3.80. The fourth-order valence-corrected chi connectivity index (χ4v) is 4.85. The van der Waals surface area contributed by atoms with E-state index in [4.69, 9.17) is 14.9 Å². The third kappa shape index (κ3) is 4.79. The average Bonchev–Trinajstić information content (AvgIpc) is 3.24. The van der Waals surface area contributed by atoms with Crippen molar-refractivity contribution in [1.29, 1.82) is 0 Å². The molecule has 2 aromatic heterocycles. The Hall–Kier alpha value is -4.21. The molecule has 0 saturated heterocycles. The number of nitrogens with one attached hydrogen (secondary N) is 2. The molecular formula is C27H24N4O4S. The number of hydrogen-bond donors (Lipinski definition) is 3. The maximum Gasteiger partial charge on any atom is 0.337 e. The topological polar surface area (TPSA) is 127 Å². The van der Waals surface area contributed by atoms with Gasteiger partial charge < -0.3 is 15.0 Å². The molecule has 36 heavy (non-hydrogen) atoms. The van der Waals surface area contributed by atoms with E-state index in [9.17, 15) is 13.2 Å². The van der Waals surface area contributed by atoms with Crippen LogP contribution in [0.2, 0.25) is 0 Å². The van der Waals surface area contributed by atoms with Crippen LogP contribution in [0.25, 0.3) is 21.8 Å². The van der Waals surface area contributed by atoms with Crippen molar-refractivity contribution in [2.45, 2.75) is 17.9 Å². The Balaban J connectivity index is 1.58. The van der Waals surface area contributed by atoms with Crippen molar-refractivity contribution in [3.8, 4) is 0 Å². The van der Waals surface area contributed by atoms with Crippen LogP contribution in [0.15, 0.2) is 83.8 Å². The molecule has 0 saturated carbocycles. The van der Waals surface area contributed by atoms with Gasteiger partial charge in [-0.1, -0.05) is 48.5 Å². The van der Waals surface area contributed by atoms with Crippen molar-refractivity contribution in [3.63, 3.8) is 0 Å². The van der Waals surface area contributed by atoms with Gasteiger partial charge in [-0.15, -0.1) is 0 Å². The number of anilines is 1. The zero-order valence-corrected chi connectivity index (χ0v) is 20.3. The lowest BCUT2D eigenvalue weighted by Crippen LogP contribution is -2.12. The van der Waals surface area contributed by atoms with Gasteiger partial charge in [0.2, 0.25) is 10.0 Å². The Kier molecular flexibility index (Phi) is 6.17. The van der Waals surface area contributed by atoms with Gasteiger partial charge in [0, 0.05) is 34.9 Å². The molecule has 0 aliphatic carbocycles. The molecule has 0 amide bonds. The molecule has 0 fully saturated rings. The molecule has 0 unspecified atom stereocenters. The number of primary sulfonamides is 1.